The Morgan fingerprint density at radius 1 is 1.43 bits per heavy atom. The van der Waals surface area contributed by atoms with Crippen molar-refractivity contribution in [3.63, 3.8) is 0 Å². The lowest BCUT2D eigenvalue weighted by Crippen LogP contribution is -2.38. The van der Waals surface area contributed by atoms with Gasteiger partial charge in [0.15, 0.2) is 5.69 Å². The van der Waals surface area contributed by atoms with Gasteiger partial charge in [0, 0.05) is 19.1 Å². The number of alkyl halides is 3. The molecule has 5 nitrogen and oxygen atoms in total. The number of halogens is 3. The number of nitrogens with two attached hydrogens (primary N) is 1. The van der Waals surface area contributed by atoms with Gasteiger partial charge < -0.3 is 10.6 Å². The number of nitrogens with zero attached hydrogens (tertiary/aromatic N) is 3. The Hall–Kier alpha value is -1.57. The summed E-state index contributed by atoms with van der Waals surface area (Å²) in [5.41, 5.74) is 4.46. The molecule has 2 N–H and O–H groups in total. The number of likely N-dealkylation sites (tertiary alicyclic amines) is 1. The molecule has 0 unspecified atom stereocenters. The van der Waals surface area contributed by atoms with Gasteiger partial charge in [-0.15, -0.1) is 0 Å². The van der Waals surface area contributed by atoms with Crippen molar-refractivity contribution in [3.05, 3.63) is 17.5 Å². The van der Waals surface area contributed by atoms with Crippen molar-refractivity contribution in [2.45, 2.75) is 44.4 Å². The maximum absolute atomic E-state index is 12.9. The largest absolute Gasteiger partial charge is 0.435 e. The highest BCUT2D eigenvalue weighted by molar-refractivity contribution is 5.85. The number of hydrogen-bond donors (Lipinski definition) is 1. The second-order valence-electron chi connectivity index (χ2n) is 6.20. The molecular weight excluding hydrogens is 285 g/mol. The van der Waals surface area contributed by atoms with E-state index in [9.17, 15) is 18.0 Å². The molecule has 1 amide bonds. The average molecular weight is 304 g/mol. The first kappa shape index (κ1) is 15.8. The zero-order chi connectivity index (χ0) is 16.0. The molecule has 1 fully saturated rings. The Morgan fingerprint density at radius 2 is 2.05 bits per heavy atom. The first-order valence-corrected chi connectivity index (χ1v) is 6.68. The van der Waals surface area contributed by atoms with Crippen LogP contribution in [0.1, 0.15) is 37.6 Å². The number of likely N-dealkylation sites (N-methyl/N-ethyl adjacent to an activating group) is 1. The van der Waals surface area contributed by atoms with Crippen LogP contribution in [0.2, 0.25) is 0 Å². The number of carbonyl (C=O) groups excluding carboxylic acids is 1. The van der Waals surface area contributed by atoms with Gasteiger partial charge in [0.05, 0.1) is 18.2 Å². The lowest BCUT2D eigenvalue weighted by Gasteiger charge is -2.21. The van der Waals surface area contributed by atoms with Crippen molar-refractivity contribution in [2.75, 3.05) is 13.6 Å². The smallest absolute Gasteiger partial charge is 0.345 e. The van der Waals surface area contributed by atoms with Crippen LogP contribution in [0, 0.1) is 0 Å². The van der Waals surface area contributed by atoms with Crippen LogP contribution in [0.15, 0.2) is 6.07 Å². The summed E-state index contributed by atoms with van der Waals surface area (Å²) in [5.74, 6) is -0.763. The Bertz CT molecular complexity index is 545. The van der Waals surface area contributed by atoms with Gasteiger partial charge in [-0.05, 0) is 26.3 Å². The normalized spacial score (nSPS) is 20.4. The van der Waals surface area contributed by atoms with Crippen molar-refractivity contribution in [2.24, 2.45) is 5.73 Å². The fourth-order valence-corrected chi connectivity index (χ4v) is 2.46. The minimum absolute atomic E-state index is 0.117. The molecule has 21 heavy (non-hydrogen) atoms. The minimum Gasteiger partial charge on any atom is -0.345 e. The SMILES string of the molecule is CN1CC[C@H](c2cc(C(F)(F)F)nn2CC(C)(C)N)C1=O. The van der Waals surface area contributed by atoms with Gasteiger partial charge in [0.1, 0.15) is 0 Å². The second kappa shape index (κ2) is 5.01. The van der Waals surface area contributed by atoms with Crippen molar-refractivity contribution in [1.29, 1.82) is 0 Å². The van der Waals surface area contributed by atoms with E-state index in [2.05, 4.69) is 5.10 Å². The molecule has 0 aliphatic carbocycles. The molecule has 0 aromatic carbocycles. The molecular formula is C13H19F3N4O. The van der Waals surface area contributed by atoms with E-state index in [1.54, 1.807) is 20.9 Å². The monoisotopic (exact) mass is 304 g/mol. The van der Waals surface area contributed by atoms with Gasteiger partial charge in [-0.1, -0.05) is 0 Å². The van der Waals surface area contributed by atoms with Crippen LogP contribution in [-0.4, -0.2) is 39.7 Å². The average Bonchev–Trinajstić information content (AvgIpc) is 2.82. The molecule has 2 rings (SSSR count). The third-order valence-electron chi connectivity index (χ3n) is 3.44. The summed E-state index contributed by atoms with van der Waals surface area (Å²) in [4.78, 5) is 13.6. The van der Waals surface area contributed by atoms with Crippen LogP contribution in [0.4, 0.5) is 13.2 Å². The molecule has 0 saturated carbocycles. The molecule has 1 aliphatic heterocycles. The third kappa shape index (κ3) is 3.37. The molecule has 8 heteroatoms. The molecule has 1 saturated heterocycles. The predicted molar refractivity (Wildman–Crippen MR) is 70.5 cm³/mol. The minimum atomic E-state index is -4.54. The highest BCUT2D eigenvalue weighted by Gasteiger charge is 2.39. The molecule has 0 spiro atoms. The van der Waals surface area contributed by atoms with Crippen LogP contribution < -0.4 is 5.73 Å². The van der Waals surface area contributed by atoms with Gasteiger partial charge in [0.2, 0.25) is 5.91 Å². The van der Waals surface area contributed by atoms with Crippen LogP contribution in [0.5, 0.6) is 0 Å². The number of hydrogen-bond acceptors (Lipinski definition) is 3. The first-order valence-electron chi connectivity index (χ1n) is 6.68. The van der Waals surface area contributed by atoms with Crippen molar-refractivity contribution >= 4 is 5.91 Å². The zero-order valence-corrected chi connectivity index (χ0v) is 12.2. The van der Waals surface area contributed by atoms with E-state index in [4.69, 9.17) is 5.73 Å². The van der Waals surface area contributed by atoms with Gasteiger partial charge in [-0.3, -0.25) is 9.48 Å². The zero-order valence-electron chi connectivity index (χ0n) is 12.2. The maximum atomic E-state index is 12.9. The lowest BCUT2D eigenvalue weighted by molar-refractivity contribution is -0.141. The number of amides is 1. The Kier molecular flexibility index (Phi) is 3.77. The van der Waals surface area contributed by atoms with Crippen LogP contribution >= 0.6 is 0 Å². The van der Waals surface area contributed by atoms with Crippen molar-refractivity contribution in [3.8, 4) is 0 Å². The molecule has 118 valence electrons. The fourth-order valence-electron chi connectivity index (χ4n) is 2.46. The summed E-state index contributed by atoms with van der Waals surface area (Å²) in [7, 11) is 1.64. The Morgan fingerprint density at radius 3 is 2.48 bits per heavy atom. The van der Waals surface area contributed by atoms with E-state index in [0.717, 1.165) is 6.07 Å². The summed E-state index contributed by atoms with van der Waals surface area (Å²) in [6.07, 6.45) is -4.05. The van der Waals surface area contributed by atoms with Gasteiger partial charge in [-0.2, -0.15) is 18.3 Å². The summed E-state index contributed by atoms with van der Waals surface area (Å²) >= 11 is 0. The molecule has 1 atom stereocenters. The predicted octanol–water partition coefficient (Wildman–Crippen LogP) is 1.58. The highest BCUT2D eigenvalue weighted by atomic mass is 19.4. The lowest BCUT2D eigenvalue weighted by atomic mass is 10.0. The van der Waals surface area contributed by atoms with E-state index in [0.29, 0.717) is 13.0 Å². The fraction of sp³-hybridized carbons (Fsp3) is 0.692. The molecule has 0 radical (unpaired) electrons. The van der Waals surface area contributed by atoms with E-state index >= 15 is 0 Å². The summed E-state index contributed by atoms with van der Waals surface area (Å²) in [6, 6.07) is 0.966. The van der Waals surface area contributed by atoms with Crippen LogP contribution in [0.25, 0.3) is 0 Å². The topological polar surface area (TPSA) is 64.2 Å². The molecule has 1 aromatic heterocycles. The second-order valence-corrected chi connectivity index (χ2v) is 6.20. The molecule has 0 bridgehead atoms. The number of carbonyl (C=O) groups is 1. The van der Waals surface area contributed by atoms with Crippen molar-refractivity contribution < 1.29 is 18.0 Å². The Balaban J connectivity index is 2.43. The number of rotatable bonds is 3. The number of aromatic nitrogens is 2. The van der Waals surface area contributed by atoms with Gasteiger partial charge in [0.25, 0.3) is 0 Å². The van der Waals surface area contributed by atoms with E-state index in [1.165, 1.54) is 9.58 Å². The van der Waals surface area contributed by atoms with Crippen molar-refractivity contribution in [1.82, 2.24) is 14.7 Å². The Labute approximate surface area is 120 Å². The van der Waals surface area contributed by atoms with E-state index < -0.39 is 23.3 Å². The van der Waals surface area contributed by atoms with Crippen LogP contribution in [0.3, 0.4) is 0 Å². The quantitative estimate of drug-likeness (QED) is 0.922. The molecule has 2 heterocycles. The first-order chi connectivity index (χ1) is 9.49. The highest BCUT2D eigenvalue weighted by Crippen LogP contribution is 2.34. The third-order valence-corrected chi connectivity index (χ3v) is 3.44. The maximum Gasteiger partial charge on any atom is 0.435 e. The molecule has 1 aromatic rings. The van der Waals surface area contributed by atoms with Crippen LogP contribution in [-0.2, 0) is 17.5 Å². The van der Waals surface area contributed by atoms with E-state index in [-0.39, 0.29) is 18.1 Å². The van der Waals surface area contributed by atoms with E-state index in [1.807, 2.05) is 0 Å². The van der Waals surface area contributed by atoms with Gasteiger partial charge in [-0.25, -0.2) is 0 Å². The summed E-state index contributed by atoms with van der Waals surface area (Å²) < 4.78 is 39.8. The van der Waals surface area contributed by atoms with Gasteiger partial charge >= 0.3 is 6.18 Å². The summed E-state index contributed by atoms with van der Waals surface area (Å²) in [6.45, 7) is 4.05. The standard InChI is InChI=1S/C13H19F3N4O/c1-12(2,17)7-20-9(6-10(18-20)13(14,15)16)8-4-5-19(3)11(8)21/h6,8H,4-5,7,17H2,1-3H3/t8-/m1/s1. The molecule has 1 aliphatic rings. The summed E-state index contributed by atoms with van der Waals surface area (Å²) in [5, 5.41) is 3.61.